The fourth-order valence-corrected chi connectivity index (χ4v) is 1.92. The molecule has 0 spiro atoms. The summed E-state index contributed by atoms with van der Waals surface area (Å²) < 4.78 is 5.33. The fourth-order valence-electron chi connectivity index (χ4n) is 1.92. The van der Waals surface area contributed by atoms with E-state index < -0.39 is 0 Å². The maximum Gasteiger partial charge on any atom is 0.0469 e. The zero-order valence-corrected chi connectivity index (χ0v) is 8.64. The van der Waals surface area contributed by atoms with E-state index in [0.29, 0.717) is 5.41 Å². The topological polar surface area (TPSA) is 21.3 Å². The van der Waals surface area contributed by atoms with Gasteiger partial charge in [0.25, 0.3) is 0 Å². The lowest BCUT2D eigenvalue weighted by atomic mass is 10.00. The standard InChI is InChI=1S/C11H21NO/c1-11(4-5-11)9-12-8-10-2-6-13-7-3-10/h10,12H,2-9H2,1H3. The molecule has 0 bridgehead atoms. The molecule has 2 fully saturated rings. The SMILES string of the molecule is CC1(CNCC2CCOCC2)CC1. The Labute approximate surface area is 81.0 Å². The smallest absolute Gasteiger partial charge is 0.0469 e. The van der Waals surface area contributed by atoms with Crippen molar-refractivity contribution in [2.24, 2.45) is 11.3 Å². The third-order valence-corrected chi connectivity index (χ3v) is 3.43. The summed E-state index contributed by atoms with van der Waals surface area (Å²) in [7, 11) is 0. The van der Waals surface area contributed by atoms with Gasteiger partial charge in [-0.3, -0.25) is 0 Å². The van der Waals surface area contributed by atoms with Crippen LogP contribution >= 0.6 is 0 Å². The average Bonchev–Trinajstić information content (AvgIpc) is 2.86. The molecule has 0 aromatic carbocycles. The molecule has 1 heterocycles. The number of ether oxygens (including phenoxy) is 1. The molecule has 1 saturated carbocycles. The molecule has 0 aromatic rings. The van der Waals surface area contributed by atoms with Crippen molar-refractivity contribution in [1.29, 1.82) is 0 Å². The van der Waals surface area contributed by atoms with E-state index in [1.54, 1.807) is 0 Å². The molecule has 1 N–H and O–H groups in total. The van der Waals surface area contributed by atoms with Crippen molar-refractivity contribution in [2.45, 2.75) is 32.6 Å². The van der Waals surface area contributed by atoms with Crippen molar-refractivity contribution in [1.82, 2.24) is 5.32 Å². The van der Waals surface area contributed by atoms with E-state index in [1.807, 2.05) is 0 Å². The van der Waals surface area contributed by atoms with Crippen LogP contribution < -0.4 is 5.32 Å². The summed E-state index contributed by atoms with van der Waals surface area (Å²) >= 11 is 0. The van der Waals surface area contributed by atoms with E-state index >= 15 is 0 Å². The number of hydrogen-bond acceptors (Lipinski definition) is 2. The first-order chi connectivity index (χ1) is 6.29. The molecule has 2 aliphatic rings. The Morgan fingerprint density at radius 2 is 2.00 bits per heavy atom. The monoisotopic (exact) mass is 183 g/mol. The predicted octanol–water partition coefficient (Wildman–Crippen LogP) is 1.80. The van der Waals surface area contributed by atoms with E-state index in [9.17, 15) is 0 Å². The van der Waals surface area contributed by atoms with Crippen LogP contribution in [0.2, 0.25) is 0 Å². The van der Waals surface area contributed by atoms with Crippen molar-refractivity contribution in [3.8, 4) is 0 Å². The summed E-state index contributed by atoms with van der Waals surface area (Å²) in [4.78, 5) is 0. The number of rotatable bonds is 4. The quantitative estimate of drug-likeness (QED) is 0.717. The Kier molecular flexibility index (Phi) is 2.89. The van der Waals surface area contributed by atoms with Gasteiger partial charge in [0.15, 0.2) is 0 Å². The van der Waals surface area contributed by atoms with Gasteiger partial charge in [-0.05, 0) is 43.6 Å². The normalized spacial score (nSPS) is 27.5. The summed E-state index contributed by atoms with van der Waals surface area (Å²) in [5.41, 5.74) is 0.658. The highest BCUT2D eigenvalue weighted by Crippen LogP contribution is 2.44. The van der Waals surface area contributed by atoms with Crippen molar-refractivity contribution >= 4 is 0 Å². The minimum absolute atomic E-state index is 0.658. The van der Waals surface area contributed by atoms with Crippen LogP contribution in [0, 0.1) is 11.3 Å². The Hall–Kier alpha value is -0.0800. The summed E-state index contributed by atoms with van der Waals surface area (Å²) in [5, 5.41) is 3.60. The third kappa shape index (κ3) is 2.96. The maximum atomic E-state index is 5.33. The lowest BCUT2D eigenvalue weighted by Gasteiger charge is -2.23. The van der Waals surface area contributed by atoms with Gasteiger partial charge in [-0.1, -0.05) is 6.92 Å². The highest BCUT2D eigenvalue weighted by Gasteiger charge is 2.36. The number of nitrogens with one attached hydrogen (secondary N) is 1. The predicted molar refractivity (Wildman–Crippen MR) is 53.8 cm³/mol. The first-order valence-electron chi connectivity index (χ1n) is 5.57. The minimum atomic E-state index is 0.658. The first kappa shape index (κ1) is 9.47. The van der Waals surface area contributed by atoms with E-state index in [1.165, 1.54) is 38.8 Å². The van der Waals surface area contributed by atoms with Gasteiger partial charge < -0.3 is 10.1 Å². The largest absolute Gasteiger partial charge is 0.381 e. The Morgan fingerprint density at radius 1 is 1.31 bits per heavy atom. The lowest BCUT2D eigenvalue weighted by molar-refractivity contribution is 0.0660. The molecule has 1 aliphatic carbocycles. The van der Waals surface area contributed by atoms with Crippen LogP contribution in [0.3, 0.4) is 0 Å². The highest BCUT2D eigenvalue weighted by atomic mass is 16.5. The first-order valence-corrected chi connectivity index (χ1v) is 5.57. The maximum absolute atomic E-state index is 5.33. The van der Waals surface area contributed by atoms with Crippen LogP contribution in [0.4, 0.5) is 0 Å². The Morgan fingerprint density at radius 3 is 2.62 bits per heavy atom. The molecule has 2 heteroatoms. The van der Waals surface area contributed by atoms with E-state index in [2.05, 4.69) is 12.2 Å². The average molecular weight is 183 g/mol. The molecule has 0 radical (unpaired) electrons. The third-order valence-electron chi connectivity index (χ3n) is 3.43. The van der Waals surface area contributed by atoms with Gasteiger partial charge in [0.1, 0.15) is 0 Å². The molecular formula is C11H21NO. The second kappa shape index (κ2) is 3.97. The van der Waals surface area contributed by atoms with Crippen LogP contribution in [0.1, 0.15) is 32.6 Å². The van der Waals surface area contributed by atoms with Gasteiger partial charge >= 0.3 is 0 Å². The van der Waals surface area contributed by atoms with E-state index in [-0.39, 0.29) is 0 Å². The van der Waals surface area contributed by atoms with Gasteiger partial charge in [0.2, 0.25) is 0 Å². The van der Waals surface area contributed by atoms with Crippen LogP contribution in [-0.4, -0.2) is 26.3 Å². The molecule has 2 nitrogen and oxygen atoms in total. The lowest BCUT2D eigenvalue weighted by Crippen LogP contribution is -2.31. The van der Waals surface area contributed by atoms with Gasteiger partial charge in [0.05, 0.1) is 0 Å². The molecule has 76 valence electrons. The molecule has 1 saturated heterocycles. The molecule has 0 unspecified atom stereocenters. The zero-order valence-electron chi connectivity index (χ0n) is 8.64. The van der Waals surface area contributed by atoms with Gasteiger partial charge in [-0.15, -0.1) is 0 Å². The molecule has 0 atom stereocenters. The van der Waals surface area contributed by atoms with Gasteiger partial charge in [-0.2, -0.15) is 0 Å². The summed E-state index contributed by atoms with van der Waals surface area (Å²) in [6.07, 6.45) is 5.36. The molecule has 0 aromatic heterocycles. The summed E-state index contributed by atoms with van der Waals surface area (Å²) in [6.45, 7) is 6.76. The zero-order chi connectivity index (χ0) is 9.15. The molecule has 13 heavy (non-hydrogen) atoms. The van der Waals surface area contributed by atoms with Crippen molar-refractivity contribution < 1.29 is 4.74 Å². The second-order valence-corrected chi connectivity index (χ2v) is 5.00. The Bertz CT molecular complexity index is 159. The van der Waals surface area contributed by atoms with Crippen LogP contribution in [0.15, 0.2) is 0 Å². The van der Waals surface area contributed by atoms with E-state index in [4.69, 9.17) is 4.74 Å². The van der Waals surface area contributed by atoms with Crippen LogP contribution in [0.5, 0.6) is 0 Å². The second-order valence-electron chi connectivity index (χ2n) is 5.00. The van der Waals surface area contributed by atoms with E-state index in [0.717, 1.165) is 19.1 Å². The fraction of sp³-hybridized carbons (Fsp3) is 1.00. The van der Waals surface area contributed by atoms with Crippen LogP contribution in [0.25, 0.3) is 0 Å². The molecular weight excluding hydrogens is 162 g/mol. The van der Waals surface area contributed by atoms with Crippen molar-refractivity contribution in [3.63, 3.8) is 0 Å². The number of hydrogen-bond donors (Lipinski definition) is 1. The Balaban J connectivity index is 1.56. The molecule has 1 aliphatic heterocycles. The summed E-state index contributed by atoms with van der Waals surface area (Å²) in [5.74, 6) is 0.871. The van der Waals surface area contributed by atoms with Gasteiger partial charge in [0, 0.05) is 19.8 Å². The van der Waals surface area contributed by atoms with Crippen molar-refractivity contribution in [2.75, 3.05) is 26.3 Å². The van der Waals surface area contributed by atoms with Crippen LogP contribution in [-0.2, 0) is 4.74 Å². The molecule has 2 rings (SSSR count). The van der Waals surface area contributed by atoms with Gasteiger partial charge in [-0.25, -0.2) is 0 Å². The minimum Gasteiger partial charge on any atom is -0.381 e. The summed E-state index contributed by atoms with van der Waals surface area (Å²) in [6, 6.07) is 0. The molecule has 0 amide bonds. The van der Waals surface area contributed by atoms with Crippen molar-refractivity contribution in [3.05, 3.63) is 0 Å². The highest BCUT2D eigenvalue weighted by molar-refractivity contribution is 4.90.